The molecule has 138 valence electrons. The molecule has 8 nitrogen and oxygen atoms in total. The van der Waals surface area contributed by atoms with Gasteiger partial charge in [0.2, 0.25) is 5.91 Å². The van der Waals surface area contributed by atoms with Gasteiger partial charge in [-0.2, -0.15) is 0 Å². The second-order valence-corrected chi connectivity index (χ2v) is 5.38. The van der Waals surface area contributed by atoms with Crippen molar-refractivity contribution < 1.29 is 28.3 Å². The number of amides is 2. The number of nitrogens with one attached hydrogen (secondary N) is 2. The van der Waals surface area contributed by atoms with Crippen molar-refractivity contribution in [1.82, 2.24) is 0 Å². The third kappa shape index (κ3) is 5.97. The summed E-state index contributed by atoms with van der Waals surface area (Å²) >= 11 is 0. The standard InChI is InChI=1S/C18H20N2O6/c1-12(21)19-13-5-7-16(24-2)15(10-13)20-17(22)11-26-18(23)8-6-14-4-3-9-25-14/h3-5,7,9-10H,6,8,11H2,1-2H3,(H,19,21)(H,20,22). The van der Waals surface area contributed by atoms with Crippen LogP contribution in [0, 0.1) is 0 Å². The van der Waals surface area contributed by atoms with E-state index in [0.717, 1.165) is 0 Å². The SMILES string of the molecule is COc1ccc(NC(C)=O)cc1NC(=O)COC(=O)CCc1ccco1. The number of benzene rings is 1. The van der Waals surface area contributed by atoms with Gasteiger partial charge in [0.15, 0.2) is 6.61 Å². The maximum Gasteiger partial charge on any atom is 0.306 e. The predicted octanol–water partition coefficient (Wildman–Crippen LogP) is 2.36. The molecular formula is C18H20N2O6. The zero-order chi connectivity index (χ0) is 18.9. The first kappa shape index (κ1) is 19.0. The molecule has 1 aromatic heterocycles. The van der Waals surface area contributed by atoms with Crippen molar-refractivity contribution in [3.8, 4) is 5.75 Å². The number of anilines is 2. The molecule has 0 aliphatic heterocycles. The van der Waals surface area contributed by atoms with Crippen LogP contribution in [0.1, 0.15) is 19.1 Å². The number of rotatable bonds is 8. The monoisotopic (exact) mass is 360 g/mol. The minimum atomic E-state index is -0.519. The Morgan fingerprint density at radius 1 is 1.15 bits per heavy atom. The molecule has 0 saturated carbocycles. The number of ether oxygens (including phenoxy) is 2. The first-order valence-corrected chi connectivity index (χ1v) is 7.91. The number of carbonyl (C=O) groups is 3. The van der Waals surface area contributed by atoms with Gasteiger partial charge < -0.3 is 24.5 Å². The zero-order valence-corrected chi connectivity index (χ0v) is 14.5. The molecular weight excluding hydrogens is 340 g/mol. The van der Waals surface area contributed by atoms with E-state index >= 15 is 0 Å². The highest BCUT2D eigenvalue weighted by molar-refractivity contribution is 5.96. The zero-order valence-electron chi connectivity index (χ0n) is 14.5. The quantitative estimate of drug-likeness (QED) is 0.700. The average Bonchev–Trinajstić information content (AvgIpc) is 3.11. The molecule has 2 N–H and O–H groups in total. The van der Waals surface area contributed by atoms with Crippen molar-refractivity contribution in [3.63, 3.8) is 0 Å². The topological polar surface area (TPSA) is 107 Å². The minimum Gasteiger partial charge on any atom is -0.495 e. The molecule has 0 fully saturated rings. The first-order chi connectivity index (χ1) is 12.5. The molecule has 8 heteroatoms. The lowest BCUT2D eigenvalue weighted by molar-refractivity contribution is -0.147. The van der Waals surface area contributed by atoms with E-state index in [4.69, 9.17) is 13.9 Å². The summed E-state index contributed by atoms with van der Waals surface area (Å²) in [6.45, 7) is 0.954. The summed E-state index contributed by atoms with van der Waals surface area (Å²) in [7, 11) is 1.46. The van der Waals surface area contributed by atoms with Crippen LogP contribution in [0.15, 0.2) is 41.0 Å². The van der Waals surface area contributed by atoms with Gasteiger partial charge in [-0.3, -0.25) is 14.4 Å². The highest BCUT2D eigenvalue weighted by Gasteiger charge is 2.12. The van der Waals surface area contributed by atoms with Crippen molar-refractivity contribution in [2.45, 2.75) is 19.8 Å². The van der Waals surface area contributed by atoms with Gasteiger partial charge in [0.05, 0.1) is 25.5 Å². The first-order valence-electron chi connectivity index (χ1n) is 7.91. The number of furan rings is 1. The minimum absolute atomic E-state index is 0.113. The Hall–Kier alpha value is -3.29. The molecule has 1 heterocycles. The highest BCUT2D eigenvalue weighted by Crippen LogP contribution is 2.27. The molecule has 1 aromatic carbocycles. The molecule has 0 aliphatic carbocycles. The van der Waals surface area contributed by atoms with Gasteiger partial charge in [0.1, 0.15) is 11.5 Å². The van der Waals surface area contributed by atoms with Crippen LogP contribution in [0.25, 0.3) is 0 Å². The van der Waals surface area contributed by atoms with Crippen LogP contribution < -0.4 is 15.4 Å². The summed E-state index contributed by atoms with van der Waals surface area (Å²) in [5.74, 6) is -0.175. The Morgan fingerprint density at radius 3 is 2.62 bits per heavy atom. The summed E-state index contributed by atoms with van der Waals surface area (Å²) in [5.41, 5.74) is 0.861. The molecule has 0 saturated heterocycles. The van der Waals surface area contributed by atoms with Crippen LogP contribution in [0.5, 0.6) is 5.75 Å². The number of carbonyl (C=O) groups excluding carboxylic acids is 3. The molecule has 2 aromatic rings. The van der Waals surface area contributed by atoms with E-state index in [2.05, 4.69) is 10.6 Å². The van der Waals surface area contributed by atoms with Crippen LogP contribution in [-0.2, 0) is 25.5 Å². The van der Waals surface area contributed by atoms with E-state index in [-0.39, 0.29) is 12.3 Å². The van der Waals surface area contributed by atoms with Gasteiger partial charge in [0, 0.05) is 19.0 Å². The third-order valence-electron chi connectivity index (χ3n) is 3.31. The van der Waals surface area contributed by atoms with Crippen molar-refractivity contribution in [2.24, 2.45) is 0 Å². The van der Waals surface area contributed by atoms with Gasteiger partial charge in [-0.15, -0.1) is 0 Å². The van der Waals surface area contributed by atoms with E-state index < -0.39 is 18.5 Å². The molecule has 0 bridgehead atoms. The van der Waals surface area contributed by atoms with Gasteiger partial charge in [-0.25, -0.2) is 0 Å². The van der Waals surface area contributed by atoms with E-state index in [1.54, 1.807) is 30.3 Å². The molecule has 2 rings (SSSR count). The van der Waals surface area contributed by atoms with Crippen LogP contribution in [0.3, 0.4) is 0 Å². The summed E-state index contributed by atoms with van der Waals surface area (Å²) in [6, 6.07) is 8.29. The largest absolute Gasteiger partial charge is 0.495 e. The Kier molecular flexibility index (Phi) is 6.78. The van der Waals surface area contributed by atoms with Crippen molar-refractivity contribution in [3.05, 3.63) is 42.4 Å². The van der Waals surface area contributed by atoms with Gasteiger partial charge in [0.25, 0.3) is 5.91 Å². The van der Waals surface area contributed by atoms with Crippen molar-refractivity contribution >= 4 is 29.2 Å². The van der Waals surface area contributed by atoms with Crippen LogP contribution in [0.4, 0.5) is 11.4 Å². The molecule has 0 spiro atoms. The summed E-state index contributed by atoms with van der Waals surface area (Å²) < 4.78 is 15.2. The summed E-state index contributed by atoms with van der Waals surface area (Å²) in [5, 5.41) is 5.20. The number of aryl methyl sites for hydroxylation is 1. The van der Waals surface area contributed by atoms with E-state index in [1.807, 2.05) is 0 Å². The molecule has 2 amide bonds. The number of hydrogen-bond acceptors (Lipinski definition) is 6. The Balaban J connectivity index is 1.86. The van der Waals surface area contributed by atoms with Crippen LogP contribution in [-0.4, -0.2) is 31.5 Å². The molecule has 26 heavy (non-hydrogen) atoms. The Labute approximate surface area is 150 Å². The summed E-state index contributed by atoms with van der Waals surface area (Å²) in [6.07, 6.45) is 2.04. The van der Waals surface area contributed by atoms with E-state index in [0.29, 0.717) is 29.3 Å². The number of methoxy groups -OCH3 is 1. The Bertz CT molecular complexity index is 770. The second-order valence-electron chi connectivity index (χ2n) is 5.38. The van der Waals surface area contributed by atoms with Crippen molar-refractivity contribution in [2.75, 3.05) is 24.4 Å². The smallest absolute Gasteiger partial charge is 0.306 e. The van der Waals surface area contributed by atoms with E-state index in [9.17, 15) is 14.4 Å². The van der Waals surface area contributed by atoms with Crippen molar-refractivity contribution in [1.29, 1.82) is 0 Å². The highest BCUT2D eigenvalue weighted by atomic mass is 16.5. The predicted molar refractivity (Wildman–Crippen MR) is 93.9 cm³/mol. The lowest BCUT2D eigenvalue weighted by atomic mass is 10.2. The Morgan fingerprint density at radius 2 is 1.96 bits per heavy atom. The summed E-state index contributed by atoms with van der Waals surface area (Å²) in [4.78, 5) is 34.8. The number of esters is 1. The second kappa shape index (κ2) is 9.26. The molecule has 0 unspecified atom stereocenters. The average molecular weight is 360 g/mol. The maximum atomic E-state index is 12.0. The van der Waals surface area contributed by atoms with Gasteiger partial charge in [-0.05, 0) is 30.3 Å². The van der Waals surface area contributed by atoms with Crippen LogP contribution >= 0.6 is 0 Å². The van der Waals surface area contributed by atoms with Crippen LogP contribution in [0.2, 0.25) is 0 Å². The lowest BCUT2D eigenvalue weighted by Crippen LogP contribution is -2.21. The molecule has 0 atom stereocenters. The maximum absolute atomic E-state index is 12.0. The normalized spacial score (nSPS) is 10.1. The van der Waals surface area contributed by atoms with Gasteiger partial charge >= 0.3 is 5.97 Å². The molecule has 0 aliphatic rings. The fourth-order valence-corrected chi connectivity index (χ4v) is 2.17. The fourth-order valence-electron chi connectivity index (χ4n) is 2.17. The van der Waals surface area contributed by atoms with Gasteiger partial charge in [-0.1, -0.05) is 0 Å². The van der Waals surface area contributed by atoms with E-state index in [1.165, 1.54) is 20.3 Å². The molecule has 0 radical (unpaired) electrons. The number of hydrogen-bond donors (Lipinski definition) is 2. The fraction of sp³-hybridized carbons (Fsp3) is 0.278. The third-order valence-corrected chi connectivity index (χ3v) is 3.31. The lowest BCUT2D eigenvalue weighted by Gasteiger charge is -2.12.